The molecular weight excluding hydrogens is 236 g/mol. The fraction of sp³-hybridized carbons (Fsp3) is 0.300. The van der Waals surface area contributed by atoms with E-state index in [1.54, 1.807) is 0 Å². The summed E-state index contributed by atoms with van der Waals surface area (Å²) in [6.45, 7) is -0.841. The number of rotatable bonds is 4. The lowest BCUT2D eigenvalue weighted by atomic mass is 10.0. The molecule has 0 fully saturated rings. The smallest absolute Gasteiger partial charge is 0.249 e. The van der Waals surface area contributed by atoms with Crippen LogP contribution in [0.3, 0.4) is 0 Å². The zero-order valence-electron chi connectivity index (χ0n) is 8.60. The number of carbonyl (C=O) groups excluding carboxylic acids is 1. The number of primary amides is 1. The Kier molecular flexibility index (Phi) is 4.11. The highest BCUT2D eigenvalue weighted by Gasteiger charge is 2.25. The lowest BCUT2D eigenvalue weighted by molar-refractivity contribution is -0.132. The van der Waals surface area contributed by atoms with Gasteiger partial charge in [0.25, 0.3) is 0 Å². The number of carbonyl (C=O) groups is 1. The van der Waals surface area contributed by atoms with Crippen LogP contribution in [0.5, 0.6) is 0 Å². The minimum Gasteiger partial charge on any atom is -0.391 e. The van der Waals surface area contributed by atoms with Crippen LogP contribution < -0.4 is 5.73 Å². The van der Waals surface area contributed by atoms with E-state index in [2.05, 4.69) is 0 Å². The van der Waals surface area contributed by atoms with Crippen molar-refractivity contribution < 1.29 is 28.9 Å². The van der Waals surface area contributed by atoms with Crippen LogP contribution >= 0.6 is 0 Å². The molecule has 0 heterocycles. The summed E-state index contributed by atoms with van der Waals surface area (Å²) >= 11 is 0. The van der Waals surface area contributed by atoms with Crippen molar-refractivity contribution in [3.8, 4) is 0 Å². The van der Waals surface area contributed by atoms with E-state index in [1.165, 1.54) is 0 Å². The van der Waals surface area contributed by atoms with Gasteiger partial charge < -0.3 is 21.1 Å². The molecule has 0 aliphatic carbocycles. The van der Waals surface area contributed by atoms with E-state index in [1.807, 2.05) is 0 Å². The van der Waals surface area contributed by atoms with Crippen molar-refractivity contribution in [2.24, 2.45) is 5.73 Å². The molecule has 0 aliphatic heterocycles. The molecule has 17 heavy (non-hydrogen) atoms. The van der Waals surface area contributed by atoms with Crippen molar-refractivity contribution in [2.75, 3.05) is 0 Å². The van der Waals surface area contributed by atoms with Gasteiger partial charge in [0.2, 0.25) is 5.91 Å². The van der Waals surface area contributed by atoms with E-state index in [0.717, 1.165) is 0 Å². The first-order valence-corrected chi connectivity index (χ1v) is 4.62. The average Bonchev–Trinajstić information content (AvgIpc) is 2.26. The predicted molar refractivity (Wildman–Crippen MR) is 52.4 cm³/mol. The molecule has 1 aromatic carbocycles. The SMILES string of the molecule is NC(=O)C(O)C(O)c1cc(F)c(CO)c(F)c1. The van der Waals surface area contributed by atoms with E-state index in [-0.39, 0.29) is 5.56 Å². The summed E-state index contributed by atoms with van der Waals surface area (Å²) in [6, 6.07) is 1.43. The predicted octanol–water partition coefficient (Wildman–Crippen LogP) is -0.663. The second kappa shape index (κ2) is 5.17. The Bertz CT molecular complexity index is 415. The Hall–Kier alpha value is -1.57. The molecule has 0 aliphatic rings. The van der Waals surface area contributed by atoms with E-state index >= 15 is 0 Å². The quantitative estimate of drug-likeness (QED) is 0.566. The van der Waals surface area contributed by atoms with Crippen molar-refractivity contribution >= 4 is 5.91 Å². The summed E-state index contributed by atoms with van der Waals surface area (Å²) in [4.78, 5) is 10.6. The van der Waals surface area contributed by atoms with Crippen molar-refractivity contribution in [1.82, 2.24) is 0 Å². The van der Waals surface area contributed by atoms with Gasteiger partial charge in [0.1, 0.15) is 17.7 Å². The van der Waals surface area contributed by atoms with Gasteiger partial charge in [-0.3, -0.25) is 4.79 Å². The standard InChI is InChI=1S/C10H11F2NO4/c11-6-1-4(2-7(12)5(6)3-14)8(15)9(16)10(13)17/h1-2,8-9,14-16H,3H2,(H2,13,17). The maximum Gasteiger partial charge on any atom is 0.249 e. The number of halogens is 2. The molecule has 94 valence electrons. The highest BCUT2D eigenvalue weighted by Crippen LogP contribution is 2.22. The van der Waals surface area contributed by atoms with Crippen LogP contribution in [-0.2, 0) is 11.4 Å². The maximum atomic E-state index is 13.2. The number of aliphatic hydroxyl groups is 3. The Balaban J connectivity index is 3.12. The summed E-state index contributed by atoms with van der Waals surface area (Å²) in [7, 11) is 0. The van der Waals surface area contributed by atoms with Gasteiger partial charge in [0, 0.05) is 5.56 Å². The van der Waals surface area contributed by atoms with E-state index < -0.39 is 41.9 Å². The molecule has 1 aromatic rings. The maximum absolute atomic E-state index is 13.2. The third kappa shape index (κ3) is 2.76. The zero-order chi connectivity index (χ0) is 13.2. The third-order valence-electron chi connectivity index (χ3n) is 2.25. The van der Waals surface area contributed by atoms with Crippen LogP contribution in [-0.4, -0.2) is 27.3 Å². The Morgan fingerprint density at radius 1 is 1.29 bits per heavy atom. The number of hydrogen-bond donors (Lipinski definition) is 4. The summed E-state index contributed by atoms with van der Waals surface area (Å²) in [5, 5.41) is 27.2. The van der Waals surface area contributed by atoms with Gasteiger partial charge >= 0.3 is 0 Å². The second-order valence-electron chi connectivity index (χ2n) is 3.41. The molecule has 0 saturated heterocycles. The molecule has 7 heteroatoms. The Labute approximate surface area is 95.1 Å². The van der Waals surface area contributed by atoms with E-state index in [0.29, 0.717) is 12.1 Å². The molecule has 2 atom stereocenters. The van der Waals surface area contributed by atoms with Crippen molar-refractivity contribution in [1.29, 1.82) is 0 Å². The normalized spacial score (nSPS) is 14.4. The lowest BCUT2D eigenvalue weighted by Gasteiger charge is -2.16. The highest BCUT2D eigenvalue weighted by molar-refractivity contribution is 5.79. The van der Waals surface area contributed by atoms with Gasteiger partial charge in [-0.15, -0.1) is 0 Å². The summed E-state index contributed by atoms with van der Waals surface area (Å²) < 4.78 is 26.5. The molecule has 0 saturated carbocycles. The van der Waals surface area contributed by atoms with Gasteiger partial charge in [-0.25, -0.2) is 8.78 Å². The van der Waals surface area contributed by atoms with Gasteiger partial charge in [-0.1, -0.05) is 0 Å². The molecule has 5 nitrogen and oxygen atoms in total. The number of benzene rings is 1. The number of nitrogens with two attached hydrogens (primary N) is 1. The average molecular weight is 247 g/mol. The van der Waals surface area contributed by atoms with Crippen LogP contribution in [0.25, 0.3) is 0 Å². The molecular formula is C10H11F2NO4. The molecule has 5 N–H and O–H groups in total. The monoisotopic (exact) mass is 247 g/mol. The largest absolute Gasteiger partial charge is 0.391 e. The minimum absolute atomic E-state index is 0.344. The van der Waals surface area contributed by atoms with Crippen LogP contribution in [0, 0.1) is 11.6 Å². The zero-order valence-corrected chi connectivity index (χ0v) is 8.60. The lowest BCUT2D eigenvalue weighted by Crippen LogP contribution is -2.34. The van der Waals surface area contributed by atoms with Crippen LogP contribution in [0.2, 0.25) is 0 Å². The fourth-order valence-electron chi connectivity index (χ4n) is 1.28. The molecule has 0 radical (unpaired) electrons. The molecule has 0 aromatic heterocycles. The van der Waals surface area contributed by atoms with Crippen molar-refractivity contribution in [2.45, 2.75) is 18.8 Å². The first-order chi connectivity index (χ1) is 7.88. The molecule has 0 bridgehead atoms. The Morgan fingerprint density at radius 2 is 1.76 bits per heavy atom. The number of amides is 1. The van der Waals surface area contributed by atoms with Crippen LogP contribution in [0.15, 0.2) is 12.1 Å². The number of hydrogen-bond acceptors (Lipinski definition) is 4. The molecule has 1 amide bonds. The second-order valence-corrected chi connectivity index (χ2v) is 3.41. The van der Waals surface area contributed by atoms with E-state index in [9.17, 15) is 18.7 Å². The molecule has 1 rings (SSSR count). The topological polar surface area (TPSA) is 104 Å². The van der Waals surface area contributed by atoms with Crippen LogP contribution in [0.4, 0.5) is 8.78 Å². The minimum atomic E-state index is -1.96. The Morgan fingerprint density at radius 3 is 2.12 bits per heavy atom. The first kappa shape index (κ1) is 13.5. The third-order valence-corrected chi connectivity index (χ3v) is 2.25. The summed E-state index contributed by atoms with van der Waals surface area (Å²) in [6.07, 6.45) is -3.79. The summed E-state index contributed by atoms with van der Waals surface area (Å²) in [5.74, 6) is -3.39. The van der Waals surface area contributed by atoms with Gasteiger partial charge in [0.05, 0.1) is 6.61 Å². The summed E-state index contributed by atoms with van der Waals surface area (Å²) in [5.41, 5.74) is 3.83. The highest BCUT2D eigenvalue weighted by atomic mass is 19.1. The molecule has 0 spiro atoms. The molecule has 2 unspecified atom stereocenters. The van der Waals surface area contributed by atoms with Gasteiger partial charge in [-0.05, 0) is 17.7 Å². The van der Waals surface area contributed by atoms with Crippen molar-refractivity contribution in [3.63, 3.8) is 0 Å². The van der Waals surface area contributed by atoms with Crippen LogP contribution in [0.1, 0.15) is 17.2 Å². The van der Waals surface area contributed by atoms with Gasteiger partial charge in [-0.2, -0.15) is 0 Å². The number of aliphatic hydroxyl groups excluding tert-OH is 3. The fourth-order valence-corrected chi connectivity index (χ4v) is 1.28. The van der Waals surface area contributed by atoms with Gasteiger partial charge in [0.15, 0.2) is 6.10 Å². The first-order valence-electron chi connectivity index (χ1n) is 4.62. The van der Waals surface area contributed by atoms with Crippen molar-refractivity contribution in [3.05, 3.63) is 34.9 Å². The van der Waals surface area contributed by atoms with E-state index in [4.69, 9.17) is 15.9 Å².